The number of ether oxygens (including phenoxy) is 1. The van der Waals surface area contributed by atoms with E-state index in [1.54, 1.807) is 18.9 Å². The highest BCUT2D eigenvalue weighted by atomic mass is 32.2. The molecule has 43 heavy (non-hydrogen) atoms. The predicted octanol–water partition coefficient (Wildman–Crippen LogP) is 6.73. The molecule has 4 rings (SSSR count). The summed E-state index contributed by atoms with van der Waals surface area (Å²) in [4.78, 5) is 29.9. The first kappa shape index (κ1) is 32.6. The molecule has 232 valence electrons. The number of piperazine rings is 1. The lowest BCUT2D eigenvalue weighted by molar-refractivity contribution is -0.143. The summed E-state index contributed by atoms with van der Waals surface area (Å²) < 4.78 is 7.42. The van der Waals surface area contributed by atoms with Gasteiger partial charge >= 0.3 is 0 Å². The Balaban J connectivity index is 1.26. The lowest BCUT2D eigenvalue weighted by Gasteiger charge is -2.40. The minimum absolute atomic E-state index is 0.0470. The number of carbonyl (C=O) groups excluding carboxylic acids is 2. The highest BCUT2D eigenvalue weighted by molar-refractivity contribution is 7.99. The van der Waals surface area contributed by atoms with Crippen molar-refractivity contribution in [3.05, 3.63) is 54.6 Å². The first-order valence-corrected chi connectivity index (χ1v) is 16.4. The summed E-state index contributed by atoms with van der Waals surface area (Å²) in [6.45, 7) is 12.7. The van der Waals surface area contributed by atoms with E-state index < -0.39 is 0 Å². The van der Waals surface area contributed by atoms with Gasteiger partial charge in [0.25, 0.3) is 0 Å². The minimum Gasteiger partial charge on any atom is -0.497 e. The Morgan fingerprint density at radius 3 is 2.37 bits per heavy atom. The predicted molar refractivity (Wildman–Crippen MR) is 174 cm³/mol. The van der Waals surface area contributed by atoms with E-state index in [-0.39, 0.29) is 23.3 Å². The number of rotatable bonds is 12. The molecule has 2 amide bonds. The van der Waals surface area contributed by atoms with Crippen molar-refractivity contribution in [2.45, 2.75) is 77.9 Å². The van der Waals surface area contributed by atoms with Crippen molar-refractivity contribution >= 4 is 23.6 Å². The number of hydrogen-bond acceptors (Lipinski definition) is 6. The third-order valence-electron chi connectivity index (χ3n) is 7.80. The van der Waals surface area contributed by atoms with Crippen LogP contribution < -0.4 is 4.74 Å². The van der Waals surface area contributed by atoms with Crippen LogP contribution in [0.3, 0.4) is 0 Å². The quantitative estimate of drug-likeness (QED) is 0.168. The third-order valence-corrected chi connectivity index (χ3v) is 8.81. The molecule has 0 aliphatic carbocycles. The monoisotopic (exact) mass is 605 g/mol. The molecule has 2 heterocycles. The average Bonchev–Trinajstić information content (AvgIpc) is 3.40. The number of unbranched alkanes of at least 4 members (excludes halogenated alkanes) is 1. The molecule has 0 spiro atoms. The second kappa shape index (κ2) is 14.9. The highest BCUT2D eigenvalue weighted by Crippen LogP contribution is 2.30. The van der Waals surface area contributed by atoms with Gasteiger partial charge in [0.15, 0.2) is 11.0 Å². The molecule has 9 heteroatoms. The first-order valence-electron chi connectivity index (χ1n) is 15.4. The molecule has 3 aromatic rings. The third kappa shape index (κ3) is 9.08. The van der Waals surface area contributed by atoms with Gasteiger partial charge in [-0.2, -0.15) is 0 Å². The number of aromatic nitrogens is 3. The zero-order valence-corrected chi connectivity index (χ0v) is 27.4. The smallest absolute Gasteiger partial charge is 0.223 e. The van der Waals surface area contributed by atoms with Crippen molar-refractivity contribution in [3.63, 3.8) is 0 Å². The Hall–Kier alpha value is -3.33. The van der Waals surface area contributed by atoms with Gasteiger partial charge in [-0.25, -0.2) is 0 Å². The zero-order valence-electron chi connectivity index (χ0n) is 26.6. The molecular weight excluding hydrogens is 558 g/mol. The minimum atomic E-state index is 0.0470. The summed E-state index contributed by atoms with van der Waals surface area (Å²) in [5, 5.41) is 9.86. The van der Waals surface area contributed by atoms with Crippen LogP contribution in [0.25, 0.3) is 17.1 Å². The lowest BCUT2D eigenvalue weighted by atomic mass is 9.84. The van der Waals surface area contributed by atoms with Crippen LogP contribution in [0.15, 0.2) is 59.8 Å². The van der Waals surface area contributed by atoms with Crippen LogP contribution in [0.1, 0.15) is 66.7 Å². The lowest BCUT2D eigenvalue weighted by Crippen LogP contribution is -2.55. The Morgan fingerprint density at radius 2 is 1.72 bits per heavy atom. The van der Waals surface area contributed by atoms with Crippen molar-refractivity contribution < 1.29 is 14.3 Å². The van der Waals surface area contributed by atoms with Crippen LogP contribution in [-0.2, 0) is 9.59 Å². The van der Waals surface area contributed by atoms with Gasteiger partial charge in [0, 0.05) is 55.5 Å². The number of hydrogen-bond donors (Lipinski definition) is 0. The number of amides is 2. The first-order chi connectivity index (χ1) is 20.6. The second-order valence-electron chi connectivity index (χ2n) is 12.9. The molecule has 2 unspecified atom stereocenters. The number of thioether (sulfide) groups is 1. The van der Waals surface area contributed by atoms with Crippen LogP contribution >= 0.6 is 11.8 Å². The molecule has 1 fully saturated rings. The van der Waals surface area contributed by atoms with Gasteiger partial charge in [0.05, 0.1) is 7.11 Å². The maximum Gasteiger partial charge on any atom is 0.223 e. The summed E-state index contributed by atoms with van der Waals surface area (Å²) in [6, 6.07) is 18.0. The van der Waals surface area contributed by atoms with Crippen molar-refractivity contribution in [3.8, 4) is 22.8 Å². The largest absolute Gasteiger partial charge is 0.497 e. The summed E-state index contributed by atoms with van der Waals surface area (Å²) >= 11 is 1.66. The van der Waals surface area contributed by atoms with Gasteiger partial charge in [0.2, 0.25) is 11.8 Å². The van der Waals surface area contributed by atoms with E-state index >= 15 is 0 Å². The van der Waals surface area contributed by atoms with Crippen molar-refractivity contribution in [2.75, 3.05) is 32.5 Å². The molecule has 2 aromatic carbocycles. The number of carbonyl (C=O) groups is 2. The molecule has 1 saturated heterocycles. The van der Waals surface area contributed by atoms with E-state index in [1.165, 1.54) is 0 Å². The maximum atomic E-state index is 13.0. The van der Waals surface area contributed by atoms with Gasteiger partial charge in [-0.1, -0.05) is 69.8 Å². The molecule has 0 saturated carbocycles. The molecule has 1 aromatic heterocycles. The van der Waals surface area contributed by atoms with Crippen LogP contribution in [-0.4, -0.2) is 74.9 Å². The Bertz CT molecular complexity index is 1340. The van der Waals surface area contributed by atoms with E-state index in [0.29, 0.717) is 38.4 Å². The summed E-state index contributed by atoms with van der Waals surface area (Å²) in [6.07, 6.45) is 3.83. The molecule has 1 aliphatic rings. The molecule has 0 radical (unpaired) electrons. The van der Waals surface area contributed by atoms with Gasteiger partial charge in [-0.05, 0) is 61.8 Å². The number of methoxy groups -OCH3 is 1. The van der Waals surface area contributed by atoms with E-state index in [2.05, 4.69) is 49.4 Å². The molecule has 0 N–H and O–H groups in total. The van der Waals surface area contributed by atoms with Crippen LogP contribution in [0.2, 0.25) is 0 Å². The second-order valence-corrected chi connectivity index (χ2v) is 13.9. The Labute approximate surface area is 261 Å². The highest BCUT2D eigenvalue weighted by Gasteiger charge is 2.30. The van der Waals surface area contributed by atoms with Crippen LogP contribution in [0.5, 0.6) is 5.75 Å². The normalized spacial score (nSPS) is 16.3. The van der Waals surface area contributed by atoms with Crippen molar-refractivity contribution in [1.82, 2.24) is 24.6 Å². The van der Waals surface area contributed by atoms with Crippen molar-refractivity contribution in [2.24, 2.45) is 11.3 Å². The van der Waals surface area contributed by atoms with Gasteiger partial charge in [0.1, 0.15) is 5.75 Å². The summed E-state index contributed by atoms with van der Waals surface area (Å²) in [7, 11) is 1.66. The number of nitrogens with zero attached hydrogens (tertiary/aromatic N) is 5. The Morgan fingerprint density at radius 1 is 1.00 bits per heavy atom. The fraction of sp³-hybridized carbons (Fsp3) is 0.529. The standard InChI is InChI=1S/C34H47N5O3S/c1-25(23-34(3,4)5)22-31(41)38-20-19-37(24-26(38)2)30(40)14-10-11-21-43-33-36-35-32(27-12-8-7-9-13-27)39(33)28-15-17-29(42-6)18-16-28/h7-9,12-13,15-18,25-26H,10-11,14,19-24H2,1-6H3. The summed E-state index contributed by atoms with van der Waals surface area (Å²) in [5.41, 5.74) is 2.19. The Kier molecular flexibility index (Phi) is 11.3. The van der Waals surface area contributed by atoms with Gasteiger partial charge in [-0.3, -0.25) is 14.2 Å². The zero-order chi connectivity index (χ0) is 31.0. The van der Waals surface area contributed by atoms with E-state index in [1.807, 2.05) is 64.4 Å². The maximum absolute atomic E-state index is 13.0. The van der Waals surface area contributed by atoms with Gasteiger partial charge in [-0.15, -0.1) is 10.2 Å². The fourth-order valence-corrected chi connectivity index (χ4v) is 6.84. The van der Waals surface area contributed by atoms with E-state index in [9.17, 15) is 9.59 Å². The molecular formula is C34H47N5O3S. The topological polar surface area (TPSA) is 80.6 Å². The van der Waals surface area contributed by atoms with Crippen LogP contribution in [0.4, 0.5) is 0 Å². The number of benzene rings is 2. The molecule has 2 atom stereocenters. The fourth-order valence-electron chi connectivity index (χ4n) is 5.89. The molecule has 1 aliphatic heterocycles. The SMILES string of the molecule is COc1ccc(-n2c(SCCCCC(=O)N3CCN(C(=O)CC(C)CC(C)(C)C)C(C)C3)nnc2-c2ccccc2)cc1. The summed E-state index contributed by atoms with van der Waals surface area (Å²) in [5.74, 6) is 3.17. The van der Waals surface area contributed by atoms with Gasteiger partial charge < -0.3 is 14.5 Å². The average molecular weight is 606 g/mol. The van der Waals surface area contributed by atoms with Crippen molar-refractivity contribution in [1.29, 1.82) is 0 Å². The molecule has 0 bridgehead atoms. The van der Waals surface area contributed by atoms with E-state index in [0.717, 1.165) is 53.0 Å². The molecule has 8 nitrogen and oxygen atoms in total. The van der Waals surface area contributed by atoms with Crippen LogP contribution in [0, 0.1) is 11.3 Å². The van der Waals surface area contributed by atoms with E-state index in [4.69, 9.17) is 4.74 Å².